The molecule has 1 atom stereocenters. The molecule has 2 rings (SSSR count). The summed E-state index contributed by atoms with van der Waals surface area (Å²) < 4.78 is 40.8. The van der Waals surface area contributed by atoms with E-state index in [4.69, 9.17) is 5.73 Å². The van der Waals surface area contributed by atoms with Crippen LogP contribution in [0.1, 0.15) is 24.1 Å². The molecule has 21 heavy (non-hydrogen) atoms. The number of rotatable bonds is 4. The topological polar surface area (TPSA) is 72.2 Å². The van der Waals surface area contributed by atoms with E-state index in [1.165, 1.54) is 12.1 Å². The summed E-state index contributed by atoms with van der Waals surface area (Å²) >= 11 is 0. The monoisotopic (exact) mass is 308 g/mol. The number of aryl methyl sites for hydroxylation is 1. The zero-order chi connectivity index (χ0) is 15.6. The summed E-state index contributed by atoms with van der Waals surface area (Å²) in [5.41, 5.74) is 7.08. The number of halogens is 1. The SMILES string of the molecule is Cc1ccc(S(=O)(=O)NC(C)c2ccccc2F)c(N)c1. The third-order valence-corrected chi connectivity index (χ3v) is 4.77. The highest BCUT2D eigenvalue weighted by Crippen LogP contribution is 2.23. The highest BCUT2D eigenvalue weighted by molar-refractivity contribution is 7.89. The average Bonchev–Trinajstić information content (AvgIpc) is 2.37. The van der Waals surface area contributed by atoms with Crippen molar-refractivity contribution in [2.45, 2.75) is 24.8 Å². The molecule has 0 radical (unpaired) electrons. The van der Waals surface area contributed by atoms with Crippen LogP contribution in [0.15, 0.2) is 47.4 Å². The lowest BCUT2D eigenvalue weighted by atomic mass is 10.1. The Bertz CT molecular complexity index is 760. The van der Waals surface area contributed by atoms with Gasteiger partial charge in [-0.25, -0.2) is 17.5 Å². The van der Waals surface area contributed by atoms with Crippen molar-refractivity contribution in [3.8, 4) is 0 Å². The molecule has 0 heterocycles. The van der Waals surface area contributed by atoms with E-state index in [0.29, 0.717) is 0 Å². The van der Waals surface area contributed by atoms with Crippen molar-refractivity contribution in [3.05, 3.63) is 59.4 Å². The quantitative estimate of drug-likeness (QED) is 0.853. The molecule has 1 unspecified atom stereocenters. The Morgan fingerprint density at radius 3 is 2.48 bits per heavy atom. The number of nitrogens with one attached hydrogen (secondary N) is 1. The van der Waals surface area contributed by atoms with Crippen molar-refractivity contribution in [1.29, 1.82) is 0 Å². The van der Waals surface area contributed by atoms with Crippen LogP contribution in [-0.2, 0) is 10.0 Å². The molecule has 112 valence electrons. The third-order valence-electron chi connectivity index (χ3n) is 3.16. The maximum absolute atomic E-state index is 13.7. The minimum absolute atomic E-state index is 0.00344. The first-order chi connectivity index (χ1) is 9.81. The highest BCUT2D eigenvalue weighted by atomic mass is 32.2. The maximum Gasteiger partial charge on any atom is 0.243 e. The molecule has 0 saturated heterocycles. The smallest absolute Gasteiger partial charge is 0.243 e. The Kier molecular flexibility index (Phi) is 4.29. The molecule has 0 saturated carbocycles. The van der Waals surface area contributed by atoms with E-state index in [-0.39, 0.29) is 16.1 Å². The van der Waals surface area contributed by atoms with E-state index < -0.39 is 21.9 Å². The second kappa shape index (κ2) is 5.83. The fourth-order valence-corrected chi connectivity index (χ4v) is 3.43. The lowest BCUT2D eigenvalue weighted by Crippen LogP contribution is -2.28. The molecule has 0 spiro atoms. The Morgan fingerprint density at radius 1 is 1.19 bits per heavy atom. The van der Waals surface area contributed by atoms with Gasteiger partial charge in [-0.3, -0.25) is 0 Å². The average molecular weight is 308 g/mol. The van der Waals surface area contributed by atoms with Crippen molar-refractivity contribution >= 4 is 15.7 Å². The number of nitrogen functional groups attached to an aromatic ring is 1. The number of nitrogens with two attached hydrogens (primary N) is 1. The number of hydrogen-bond donors (Lipinski definition) is 2. The molecule has 3 N–H and O–H groups in total. The lowest BCUT2D eigenvalue weighted by Gasteiger charge is -2.16. The van der Waals surface area contributed by atoms with E-state index in [9.17, 15) is 12.8 Å². The highest BCUT2D eigenvalue weighted by Gasteiger charge is 2.22. The van der Waals surface area contributed by atoms with Crippen molar-refractivity contribution < 1.29 is 12.8 Å². The maximum atomic E-state index is 13.7. The summed E-state index contributed by atoms with van der Waals surface area (Å²) in [7, 11) is -3.81. The second-order valence-corrected chi connectivity index (χ2v) is 6.59. The van der Waals surface area contributed by atoms with Gasteiger partial charge in [0.15, 0.2) is 0 Å². The van der Waals surface area contributed by atoms with Gasteiger partial charge < -0.3 is 5.73 Å². The first-order valence-electron chi connectivity index (χ1n) is 6.44. The third kappa shape index (κ3) is 3.40. The first kappa shape index (κ1) is 15.5. The molecule has 4 nitrogen and oxygen atoms in total. The van der Waals surface area contributed by atoms with E-state index in [1.807, 2.05) is 6.92 Å². The molecule has 2 aromatic carbocycles. The fourth-order valence-electron chi connectivity index (χ4n) is 2.10. The predicted molar refractivity (Wildman–Crippen MR) is 80.7 cm³/mol. The Morgan fingerprint density at radius 2 is 1.86 bits per heavy atom. The van der Waals surface area contributed by atoms with Gasteiger partial charge in [-0.2, -0.15) is 0 Å². The van der Waals surface area contributed by atoms with Crippen LogP contribution in [0.25, 0.3) is 0 Å². The molecule has 0 bridgehead atoms. The minimum atomic E-state index is -3.81. The number of sulfonamides is 1. The summed E-state index contributed by atoms with van der Waals surface area (Å²) in [4.78, 5) is -0.00344. The summed E-state index contributed by atoms with van der Waals surface area (Å²) in [5.74, 6) is -0.454. The van der Waals surface area contributed by atoms with Gasteiger partial charge >= 0.3 is 0 Å². The summed E-state index contributed by atoms with van der Waals surface area (Å²) in [6, 6.07) is 10.0. The van der Waals surface area contributed by atoms with Crippen LogP contribution in [0.3, 0.4) is 0 Å². The summed E-state index contributed by atoms with van der Waals surface area (Å²) in [6.45, 7) is 3.41. The predicted octanol–water partition coefficient (Wildman–Crippen LogP) is 2.76. The van der Waals surface area contributed by atoms with E-state index in [1.54, 1.807) is 37.3 Å². The zero-order valence-corrected chi connectivity index (χ0v) is 12.6. The van der Waals surface area contributed by atoms with Crippen LogP contribution in [0.5, 0.6) is 0 Å². The molecule has 0 aliphatic carbocycles. The van der Waals surface area contributed by atoms with Gasteiger partial charge in [-0.05, 0) is 37.6 Å². The van der Waals surface area contributed by atoms with Gasteiger partial charge in [-0.1, -0.05) is 24.3 Å². The van der Waals surface area contributed by atoms with Crippen LogP contribution < -0.4 is 10.5 Å². The van der Waals surface area contributed by atoms with Gasteiger partial charge in [0.1, 0.15) is 10.7 Å². The molecular formula is C15H17FN2O2S. The minimum Gasteiger partial charge on any atom is -0.398 e. The van der Waals surface area contributed by atoms with Gasteiger partial charge in [0.25, 0.3) is 0 Å². The Hall–Kier alpha value is -1.92. The van der Waals surface area contributed by atoms with Gasteiger partial charge in [0.05, 0.1) is 5.69 Å². The zero-order valence-electron chi connectivity index (χ0n) is 11.8. The molecular weight excluding hydrogens is 291 g/mol. The number of anilines is 1. The fraction of sp³-hybridized carbons (Fsp3) is 0.200. The van der Waals surface area contributed by atoms with Crippen molar-refractivity contribution in [3.63, 3.8) is 0 Å². The molecule has 0 amide bonds. The molecule has 0 aromatic heterocycles. The van der Waals surface area contributed by atoms with Crippen molar-refractivity contribution in [2.75, 3.05) is 5.73 Å². The Labute approximate surface area is 123 Å². The molecule has 0 aliphatic heterocycles. The summed E-state index contributed by atoms with van der Waals surface area (Å²) in [6.07, 6.45) is 0. The van der Waals surface area contributed by atoms with E-state index >= 15 is 0 Å². The van der Waals surface area contributed by atoms with Gasteiger partial charge in [-0.15, -0.1) is 0 Å². The normalized spacial score (nSPS) is 13.1. The van der Waals surface area contributed by atoms with Crippen LogP contribution >= 0.6 is 0 Å². The molecule has 0 fully saturated rings. The van der Waals surface area contributed by atoms with Crippen LogP contribution in [-0.4, -0.2) is 8.42 Å². The second-order valence-electron chi connectivity index (χ2n) is 4.91. The van der Waals surface area contributed by atoms with Crippen LogP contribution in [0.4, 0.5) is 10.1 Å². The van der Waals surface area contributed by atoms with Gasteiger partial charge in [0, 0.05) is 11.6 Å². The molecule has 2 aromatic rings. The van der Waals surface area contributed by atoms with Crippen molar-refractivity contribution in [1.82, 2.24) is 4.72 Å². The number of hydrogen-bond acceptors (Lipinski definition) is 3. The molecule has 6 heteroatoms. The van der Waals surface area contributed by atoms with Crippen LogP contribution in [0, 0.1) is 12.7 Å². The van der Waals surface area contributed by atoms with Crippen molar-refractivity contribution in [2.24, 2.45) is 0 Å². The molecule has 0 aliphatic rings. The standard InChI is InChI=1S/C15H17FN2O2S/c1-10-7-8-15(14(17)9-10)21(19,20)18-11(2)12-5-3-4-6-13(12)16/h3-9,11,18H,17H2,1-2H3. The van der Waals surface area contributed by atoms with E-state index in [2.05, 4.69) is 4.72 Å². The lowest BCUT2D eigenvalue weighted by molar-refractivity contribution is 0.550. The van der Waals surface area contributed by atoms with Gasteiger partial charge in [0.2, 0.25) is 10.0 Å². The Balaban J connectivity index is 2.31. The first-order valence-corrected chi connectivity index (χ1v) is 7.92. The van der Waals surface area contributed by atoms with Crippen LogP contribution in [0.2, 0.25) is 0 Å². The number of benzene rings is 2. The van der Waals surface area contributed by atoms with E-state index in [0.717, 1.165) is 5.56 Å². The largest absolute Gasteiger partial charge is 0.398 e. The summed E-state index contributed by atoms with van der Waals surface area (Å²) in [5, 5.41) is 0.